The van der Waals surface area contributed by atoms with Crippen LogP contribution in [0.3, 0.4) is 0 Å². The summed E-state index contributed by atoms with van der Waals surface area (Å²) in [6.07, 6.45) is 7.77. The molecule has 0 saturated carbocycles. The lowest BCUT2D eigenvalue weighted by atomic mass is 9.74. The summed E-state index contributed by atoms with van der Waals surface area (Å²) in [4.78, 5) is 20.6. The smallest absolute Gasteiger partial charge is 0.232 e. The van der Waals surface area contributed by atoms with Crippen LogP contribution in [0.2, 0.25) is 0 Å². The average molecular weight is 536 g/mol. The number of benzene rings is 1. The summed E-state index contributed by atoms with van der Waals surface area (Å²) in [5, 5.41) is 8.65. The number of ether oxygens (including phenoxy) is 1. The summed E-state index contributed by atoms with van der Waals surface area (Å²) in [7, 11) is 0. The standard InChI is InChI=1S/C27H33N7OS2/c1-20-7-5-14-34(18-20)22-17-23(37-26-28-12-6-13-29-26)32-24(31-22)33-25(36)30-19-27(10-15-35-16-11-27)21-8-3-2-4-9-21/h2-4,6,8-9,12-13,17,20H,5,7,10-11,14-16,18-19H2,1H3,(H2,30,31,32,33,36)/t20-/m1/s1. The lowest BCUT2D eigenvalue weighted by molar-refractivity contribution is 0.0515. The van der Waals surface area contributed by atoms with E-state index in [2.05, 4.69) is 62.8 Å². The molecule has 0 amide bonds. The van der Waals surface area contributed by atoms with E-state index in [1.54, 1.807) is 12.4 Å². The number of anilines is 2. The van der Waals surface area contributed by atoms with Gasteiger partial charge in [-0.15, -0.1) is 0 Å². The number of hydrogen-bond donors (Lipinski definition) is 2. The van der Waals surface area contributed by atoms with Gasteiger partial charge in [0.15, 0.2) is 10.3 Å². The minimum Gasteiger partial charge on any atom is -0.381 e. The number of rotatable bonds is 7. The minimum absolute atomic E-state index is 0.0243. The van der Waals surface area contributed by atoms with E-state index in [1.165, 1.54) is 23.7 Å². The van der Waals surface area contributed by atoms with Crippen molar-refractivity contribution >= 4 is 40.9 Å². The Morgan fingerprint density at radius 2 is 1.92 bits per heavy atom. The quantitative estimate of drug-likeness (QED) is 0.252. The second-order valence-electron chi connectivity index (χ2n) is 9.78. The summed E-state index contributed by atoms with van der Waals surface area (Å²) in [6, 6.07) is 14.5. The first-order chi connectivity index (χ1) is 18.1. The summed E-state index contributed by atoms with van der Waals surface area (Å²) in [5.74, 6) is 2.01. The van der Waals surface area contributed by atoms with Crippen LogP contribution in [0.5, 0.6) is 0 Å². The molecule has 0 unspecified atom stereocenters. The fourth-order valence-electron chi connectivity index (χ4n) is 5.03. The molecule has 8 nitrogen and oxygen atoms in total. The van der Waals surface area contributed by atoms with E-state index in [4.69, 9.17) is 26.9 Å². The zero-order chi connectivity index (χ0) is 25.5. The molecule has 194 valence electrons. The molecule has 3 aromatic rings. The highest BCUT2D eigenvalue weighted by Gasteiger charge is 2.34. The van der Waals surface area contributed by atoms with Gasteiger partial charge in [-0.05, 0) is 67.2 Å². The number of thiocarbonyl (C=S) groups is 1. The maximum absolute atomic E-state index is 5.72. The van der Waals surface area contributed by atoms with E-state index >= 15 is 0 Å². The zero-order valence-electron chi connectivity index (χ0n) is 21.1. The first-order valence-corrected chi connectivity index (χ1v) is 14.1. The van der Waals surface area contributed by atoms with E-state index in [1.807, 2.05) is 12.1 Å². The van der Waals surface area contributed by atoms with E-state index in [0.717, 1.165) is 63.0 Å². The molecule has 0 radical (unpaired) electrons. The lowest BCUT2D eigenvalue weighted by Gasteiger charge is -2.38. The van der Waals surface area contributed by atoms with E-state index in [9.17, 15) is 0 Å². The molecule has 2 aromatic heterocycles. The van der Waals surface area contributed by atoms with Crippen molar-refractivity contribution in [2.24, 2.45) is 5.92 Å². The van der Waals surface area contributed by atoms with Crippen LogP contribution in [0.4, 0.5) is 11.8 Å². The van der Waals surface area contributed by atoms with Gasteiger partial charge in [0.05, 0.1) is 0 Å². The third-order valence-corrected chi connectivity index (χ3v) is 8.11. The van der Waals surface area contributed by atoms with Crippen LogP contribution in [0.25, 0.3) is 0 Å². The molecular weight excluding hydrogens is 502 g/mol. The Kier molecular flexibility index (Phi) is 8.48. The monoisotopic (exact) mass is 535 g/mol. The van der Waals surface area contributed by atoms with Gasteiger partial charge in [0, 0.05) is 56.7 Å². The molecule has 1 atom stereocenters. The Balaban J connectivity index is 1.33. The molecule has 2 fully saturated rings. The molecule has 37 heavy (non-hydrogen) atoms. The van der Waals surface area contributed by atoms with Crippen LogP contribution in [0.1, 0.15) is 38.2 Å². The zero-order valence-corrected chi connectivity index (χ0v) is 22.7. The van der Waals surface area contributed by atoms with E-state index in [-0.39, 0.29) is 5.41 Å². The fourth-order valence-corrected chi connectivity index (χ4v) is 5.90. The largest absolute Gasteiger partial charge is 0.381 e. The predicted molar refractivity (Wildman–Crippen MR) is 151 cm³/mol. The second kappa shape index (κ2) is 12.1. The fraction of sp³-hybridized carbons (Fsp3) is 0.444. The number of nitrogens with one attached hydrogen (secondary N) is 2. The van der Waals surface area contributed by atoms with Crippen LogP contribution >= 0.6 is 24.0 Å². The van der Waals surface area contributed by atoms with Gasteiger partial charge in [0.25, 0.3) is 0 Å². The third-order valence-electron chi connectivity index (χ3n) is 7.06. The van der Waals surface area contributed by atoms with Crippen molar-refractivity contribution in [1.29, 1.82) is 0 Å². The molecule has 0 aliphatic carbocycles. The highest BCUT2D eigenvalue weighted by atomic mass is 32.2. The predicted octanol–water partition coefficient (Wildman–Crippen LogP) is 4.69. The number of nitrogens with zero attached hydrogens (tertiary/aromatic N) is 5. The highest BCUT2D eigenvalue weighted by molar-refractivity contribution is 7.99. The Morgan fingerprint density at radius 1 is 1.14 bits per heavy atom. The van der Waals surface area contributed by atoms with Crippen molar-refractivity contribution < 1.29 is 4.74 Å². The summed E-state index contributed by atoms with van der Waals surface area (Å²) < 4.78 is 5.68. The van der Waals surface area contributed by atoms with Gasteiger partial charge in [0.1, 0.15) is 10.8 Å². The Bertz CT molecular complexity index is 1180. The molecule has 10 heteroatoms. The van der Waals surface area contributed by atoms with Gasteiger partial charge in [-0.25, -0.2) is 15.0 Å². The summed E-state index contributed by atoms with van der Waals surface area (Å²) >= 11 is 7.14. The van der Waals surface area contributed by atoms with Gasteiger partial charge in [-0.3, -0.25) is 0 Å². The highest BCUT2D eigenvalue weighted by Crippen LogP contribution is 2.34. The minimum atomic E-state index is -0.0243. The van der Waals surface area contributed by atoms with Gasteiger partial charge < -0.3 is 20.3 Å². The molecule has 2 saturated heterocycles. The third kappa shape index (κ3) is 6.74. The summed E-state index contributed by atoms with van der Waals surface area (Å²) in [6.45, 7) is 6.47. The molecule has 0 bridgehead atoms. The van der Waals surface area contributed by atoms with Crippen molar-refractivity contribution in [3.8, 4) is 0 Å². The maximum Gasteiger partial charge on any atom is 0.232 e. The SMILES string of the molecule is C[C@@H]1CCCN(c2cc(Sc3ncccn3)nc(NC(=S)NCC3(c4ccccc4)CCOCC3)n2)C1. The molecule has 2 aliphatic heterocycles. The van der Waals surface area contributed by atoms with Crippen LogP contribution in [0, 0.1) is 5.92 Å². The molecule has 5 rings (SSSR count). The topological polar surface area (TPSA) is 88.1 Å². The van der Waals surface area contributed by atoms with Gasteiger partial charge in [0.2, 0.25) is 5.95 Å². The van der Waals surface area contributed by atoms with Crippen molar-refractivity contribution in [3.63, 3.8) is 0 Å². The summed E-state index contributed by atoms with van der Waals surface area (Å²) in [5.41, 5.74) is 1.29. The first kappa shape index (κ1) is 25.8. The maximum atomic E-state index is 5.72. The average Bonchev–Trinajstić information content (AvgIpc) is 2.93. The molecule has 2 N–H and O–H groups in total. The van der Waals surface area contributed by atoms with Crippen LogP contribution in [0.15, 0.2) is 65.0 Å². The van der Waals surface area contributed by atoms with Crippen molar-refractivity contribution in [2.75, 3.05) is 43.1 Å². The van der Waals surface area contributed by atoms with Gasteiger partial charge in [-0.1, -0.05) is 37.3 Å². The van der Waals surface area contributed by atoms with Crippen LogP contribution < -0.4 is 15.5 Å². The molecule has 0 spiro atoms. The molecule has 2 aliphatic rings. The lowest BCUT2D eigenvalue weighted by Crippen LogP contribution is -2.45. The van der Waals surface area contributed by atoms with Gasteiger partial charge >= 0.3 is 0 Å². The van der Waals surface area contributed by atoms with Crippen molar-refractivity contribution in [2.45, 2.75) is 48.2 Å². The van der Waals surface area contributed by atoms with E-state index in [0.29, 0.717) is 22.1 Å². The Morgan fingerprint density at radius 3 is 2.68 bits per heavy atom. The van der Waals surface area contributed by atoms with Crippen molar-refractivity contribution in [3.05, 3.63) is 60.4 Å². The van der Waals surface area contributed by atoms with Gasteiger partial charge in [-0.2, -0.15) is 4.98 Å². The normalized spacial score (nSPS) is 19.3. The molecule has 1 aromatic carbocycles. The van der Waals surface area contributed by atoms with Crippen molar-refractivity contribution in [1.82, 2.24) is 25.3 Å². The van der Waals surface area contributed by atoms with E-state index < -0.39 is 0 Å². The Labute approximate surface area is 228 Å². The number of hydrogen-bond acceptors (Lipinski definition) is 8. The number of aromatic nitrogens is 4. The number of piperidine rings is 1. The Hall–Kier alpha value is -2.82. The van der Waals surface area contributed by atoms with Crippen LogP contribution in [-0.2, 0) is 10.2 Å². The molecular formula is C27H33N7OS2. The van der Waals surface area contributed by atoms with Crippen LogP contribution in [-0.4, -0.2) is 57.9 Å². The second-order valence-corrected chi connectivity index (χ2v) is 11.2. The first-order valence-electron chi connectivity index (χ1n) is 12.9. The molecule has 4 heterocycles.